The molecular weight excluding hydrogens is 152 g/mol. The van der Waals surface area contributed by atoms with Gasteiger partial charge in [-0.3, -0.25) is 0 Å². The minimum Gasteiger partial charge on any atom is -0.347 e. The van der Waals surface area contributed by atoms with E-state index in [0.717, 1.165) is 12.8 Å². The standard InChI is InChI=1S/C10H18O2/c1-4-6-7-10(3)11-8-9(5-2)12-10/h5,9H,2,4,6-8H2,1,3H3. The average Bonchev–Trinajstić information content (AvgIpc) is 2.45. The second-order valence-corrected chi connectivity index (χ2v) is 3.44. The van der Waals surface area contributed by atoms with Crippen LogP contribution in [0.3, 0.4) is 0 Å². The van der Waals surface area contributed by atoms with Crippen LogP contribution < -0.4 is 0 Å². The summed E-state index contributed by atoms with van der Waals surface area (Å²) < 4.78 is 11.2. The Labute approximate surface area is 74.6 Å². The maximum atomic E-state index is 5.66. The summed E-state index contributed by atoms with van der Waals surface area (Å²) in [6.45, 7) is 8.52. The van der Waals surface area contributed by atoms with Crippen molar-refractivity contribution in [3.8, 4) is 0 Å². The number of unbranched alkanes of at least 4 members (excludes halogenated alkanes) is 1. The van der Waals surface area contributed by atoms with Crippen molar-refractivity contribution >= 4 is 0 Å². The van der Waals surface area contributed by atoms with E-state index >= 15 is 0 Å². The summed E-state index contributed by atoms with van der Waals surface area (Å²) >= 11 is 0. The number of ether oxygens (including phenoxy) is 2. The highest BCUT2D eigenvalue weighted by Gasteiger charge is 2.34. The fourth-order valence-electron chi connectivity index (χ4n) is 1.39. The molecule has 0 bridgehead atoms. The molecule has 0 radical (unpaired) electrons. The molecule has 0 aromatic rings. The van der Waals surface area contributed by atoms with Crippen LogP contribution in [0.5, 0.6) is 0 Å². The Morgan fingerprint density at radius 2 is 2.42 bits per heavy atom. The molecule has 1 fully saturated rings. The Bertz CT molecular complexity index is 156. The van der Waals surface area contributed by atoms with Crippen LogP contribution >= 0.6 is 0 Å². The van der Waals surface area contributed by atoms with Crippen molar-refractivity contribution in [2.45, 2.75) is 45.0 Å². The molecule has 2 unspecified atom stereocenters. The van der Waals surface area contributed by atoms with E-state index in [1.807, 2.05) is 6.92 Å². The van der Waals surface area contributed by atoms with Crippen molar-refractivity contribution in [1.82, 2.24) is 0 Å². The lowest BCUT2D eigenvalue weighted by Crippen LogP contribution is -2.26. The third-order valence-electron chi connectivity index (χ3n) is 2.20. The topological polar surface area (TPSA) is 18.5 Å². The summed E-state index contributed by atoms with van der Waals surface area (Å²) in [6, 6.07) is 0. The molecule has 0 amide bonds. The second-order valence-electron chi connectivity index (χ2n) is 3.44. The van der Waals surface area contributed by atoms with Crippen molar-refractivity contribution < 1.29 is 9.47 Å². The molecule has 1 aliphatic rings. The predicted molar refractivity (Wildman–Crippen MR) is 49.0 cm³/mol. The maximum absolute atomic E-state index is 5.66. The van der Waals surface area contributed by atoms with E-state index in [2.05, 4.69) is 13.5 Å². The molecule has 0 aromatic carbocycles. The molecule has 70 valence electrons. The van der Waals surface area contributed by atoms with Gasteiger partial charge in [-0.25, -0.2) is 0 Å². The molecule has 1 heterocycles. The van der Waals surface area contributed by atoms with Gasteiger partial charge in [0.25, 0.3) is 0 Å². The van der Waals surface area contributed by atoms with E-state index in [1.165, 1.54) is 6.42 Å². The number of rotatable bonds is 4. The summed E-state index contributed by atoms with van der Waals surface area (Å²) in [5.74, 6) is -0.352. The van der Waals surface area contributed by atoms with E-state index in [4.69, 9.17) is 9.47 Å². The highest BCUT2D eigenvalue weighted by Crippen LogP contribution is 2.28. The van der Waals surface area contributed by atoms with Gasteiger partial charge in [-0.05, 0) is 13.3 Å². The summed E-state index contributed by atoms with van der Waals surface area (Å²) in [4.78, 5) is 0. The lowest BCUT2D eigenvalue weighted by Gasteiger charge is -2.22. The lowest BCUT2D eigenvalue weighted by atomic mass is 10.1. The van der Waals surface area contributed by atoms with Crippen LogP contribution in [0.25, 0.3) is 0 Å². The van der Waals surface area contributed by atoms with Crippen molar-refractivity contribution in [2.24, 2.45) is 0 Å². The van der Waals surface area contributed by atoms with Gasteiger partial charge in [-0.15, -0.1) is 6.58 Å². The molecule has 12 heavy (non-hydrogen) atoms. The van der Waals surface area contributed by atoms with Crippen LogP contribution in [0.2, 0.25) is 0 Å². The SMILES string of the molecule is C=CC1COC(C)(CCCC)O1. The highest BCUT2D eigenvalue weighted by atomic mass is 16.7. The third-order valence-corrected chi connectivity index (χ3v) is 2.20. The normalized spacial score (nSPS) is 35.3. The Hall–Kier alpha value is -0.340. The first-order valence-corrected chi connectivity index (χ1v) is 4.64. The Morgan fingerprint density at radius 1 is 1.67 bits per heavy atom. The van der Waals surface area contributed by atoms with Gasteiger partial charge in [-0.1, -0.05) is 19.4 Å². The fraction of sp³-hybridized carbons (Fsp3) is 0.800. The third kappa shape index (κ3) is 2.32. The summed E-state index contributed by atoms with van der Waals surface area (Å²) in [7, 11) is 0. The first-order chi connectivity index (χ1) is 5.70. The van der Waals surface area contributed by atoms with Crippen molar-refractivity contribution in [2.75, 3.05) is 6.61 Å². The van der Waals surface area contributed by atoms with Crippen molar-refractivity contribution in [3.05, 3.63) is 12.7 Å². The molecule has 1 rings (SSSR count). The zero-order valence-electron chi connectivity index (χ0n) is 8.01. The lowest BCUT2D eigenvalue weighted by molar-refractivity contribution is -0.154. The van der Waals surface area contributed by atoms with Gasteiger partial charge in [0.1, 0.15) is 6.10 Å². The van der Waals surface area contributed by atoms with Crippen molar-refractivity contribution in [3.63, 3.8) is 0 Å². The van der Waals surface area contributed by atoms with Crippen LogP contribution in [-0.4, -0.2) is 18.5 Å². The largest absolute Gasteiger partial charge is 0.347 e. The number of hydrogen-bond acceptors (Lipinski definition) is 2. The fourth-order valence-corrected chi connectivity index (χ4v) is 1.39. The van der Waals surface area contributed by atoms with Crippen LogP contribution in [0, 0.1) is 0 Å². The molecule has 2 nitrogen and oxygen atoms in total. The zero-order valence-corrected chi connectivity index (χ0v) is 8.01. The van der Waals surface area contributed by atoms with E-state index in [9.17, 15) is 0 Å². The number of hydrogen-bond donors (Lipinski definition) is 0. The predicted octanol–water partition coefficient (Wildman–Crippen LogP) is 2.49. The second kappa shape index (κ2) is 4.06. The zero-order chi connectivity index (χ0) is 9.03. The van der Waals surface area contributed by atoms with Crippen LogP contribution in [-0.2, 0) is 9.47 Å². The molecule has 2 heteroatoms. The van der Waals surface area contributed by atoms with Gasteiger partial charge in [0.15, 0.2) is 5.79 Å². The molecule has 0 N–H and O–H groups in total. The Kier molecular flexibility index (Phi) is 3.29. The Balaban J connectivity index is 2.35. The molecule has 1 saturated heterocycles. The average molecular weight is 170 g/mol. The van der Waals surface area contributed by atoms with Gasteiger partial charge < -0.3 is 9.47 Å². The van der Waals surface area contributed by atoms with Gasteiger partial charge in [0, 0.05) is 6.42 Å². The summed E-state index contributed by atoms with van der Waals surface area (Å²) in [5, 5.41) is 0. The molecule has 0 aliphatic carbocycles. The van der Waals surface area contributed by atoms with Crippen LogP contribution in [0.1, 0.15) is 33.1 Å². The van der Waals surface area contributed by atoms with Gasteiger partial charge >= 0.3 is 0 Å². The maximum Gasteiger partial charge on any atom is 0.166 e. The monoisotopic (exact) mass is 170 g/mol. The minimum absolute atomic E-state index is 0.0897. The summed E-state index contributed by atoms with van der Waals surface area (Å²) in [6.07, 6.45) is 5.21. The molecule has 0 spiro atoms. The first-order valence-electron chi connectivity index (χ1n) is 4.64. The molecule has 2 atom stereocenters. The minimum atomic E-state index is -0.352. The quantitative estimate of drug-likeness (QED) is 0.603. The molecule has 1 aliphatic heterocycles. The summed E-state index contributed by atoms with van der Waals surface area (Å²) in [5.41, 5.74) is 0. The van der Waals surface area contributed by atoms with Crippen LogP contribution in [0.4, 0.5) is 0 Å². The van der Waals surface area contributed by atoms with E-state index < -0.39 is 0 Å². The van der Waals surface area contributed by atoms with E-state index in [1.54, 1.807) is 6.08 Å². The van der Waals surface area contributed by atoms with E-state index in [0.29, 0.717) is 6.61 Å². The van der Waals surface area contributed by atoms with Crippen LogP contribution in [0.15, 0.2) is 12.7 Å². The molecule has 0 saturated carbocycles. The Morgan fingerprint density at radius 3 is 2.92 bits per heavy atom. The van der Waals surface area contributed by atoms with Gasteiger partial charge in [0.2, 0.25) is 0 Å². The highest BCUT2D eigenvalue weighted by molar-refractivity contribution is 4.86. The van der Waals surface area contributed by atoms with Crippen molar-refractivity contribution in [1.29, 1.82) is 0 Å². The van der Waals surface area contributed by atoms with Gasteiger partial charge in [-0.2, -0.15) is 0 Å². The molecule has 0 aromatic heterocycles. The molecular formula is C10H18O2. The van der Waals surface area contributed by atoms with Gasteiger partial charge in [0.05, 0.1) is 6.61 Å². The van der Waals surface area contributed by atoms with E-state index in [-0.39, 0.29) is 11.9 Å². The smallest absolute Gasteiger partial charge is 0.166 e. The first kappa shape index (κ1) is 9.75.